The first-order valence-electron chi connectivity index (χ1n) is 4.24. The third-order valence-electron chi connectivity index (χ3n) is 1.48. The number of aromatic hydroxyl groups is 1. The molecular formula is C11H12O3. The van der Waals surface area contributed by atoms with E-state index in [0.29, 0.717) is 0 Å². The summed E-state index contributed by atoms with van der Waals surface area (Å²) in [6.45, 7) is 3.60. The predicted octanol–water partition coefficient (Wildman–Crippen LogP) is 2.26. The molecule has 0 bridgehead atoms. The maximum absolute atomic E-state index is 11.2. The third-order valence-corrected chi connectivity index (χ3v) is 1.48. The van der Waals surface area contributed by atoms with Gasteiger partial charge in [0.05, 0.1) is 0 Å². The molecule has 0 aliphatic heterocycles. The van der Waals surface area contributed by atoms with Gasteiger partial charge in [-0.15, -0.1) is 0 Å². The molecule has 0 radical (unpaired) electrons. The Labute approximate surface area is 82.6 Å². The molecule has 14 heavy (non-hydrogen) atoms. The van der Waals surface area contributed by atoms with Crippen LogP contribution in [0.5, 0.6) is 11.5 Å². The van der Waals surface area contributed by atoms with Crippen LogP contribution < -0.4 is 4.74 Å². The first-order valence-corrected chi connectivity index (χ1v) is 4.24. The van der Waals surface area contributed by atoms with Gasteiger partial charge in [-0.3, -0.25) is 0 Å². The second-order valence-electron chi connectivity index (χ2n) is 3.11. The number of ether oxygens (including phenoxy) is 1. The molecule has 1 N–H and O–H groups in total. The lowest BCUT2D eigenvalue weighted by Gasteiger charge is -2.02. The molecule has 0 saturated heterocycles. The Bertz CT molecular complexity index is 363. The number of esters is 1. The van der Waals surface area contributed by atoms with Crippen LogP contribution >= 0.6 is 0 Å². The lowest BCUT2D eigenvalue weighted by molar-refractivity contribution is -0.129. The summed E-state index contributed by atoms with van der Waals surface area (Å²) in [6, 6.07) is 6.34. The quantitative estimate of drug-likeness (QED) is 0.444. The van der Waals surface area contributed by atoms with Crippen LogP contribution in [0, 0.1) is 0 Å². The largest absolute Gasteiger partial charge is 0.504 e. The van der Waals surface area contributed by atoms with Crippen molar-refractivity contribution in [2.24, 2.45) is 0 Å². The van der Waals surface area contributed by atoms with Gasteiger partial charge in [-0.05, 0) is 26.0 Å². The average Bonchev–Trinajstić information content (AvgIpc) is 2.07. The minimum atomic E-state index is -0.480. The van der Waals surface area contributed by atoms with Gasteiger partial charge >= 0.3 is 5.97 Å². The van der Waals surface area contributed by atoms with Gasteiger partial charge in [0.1, 0.15) is 0 Å². The predicted molar refractivity (Wildman–Crippen MR) is 53.2 cm³/mol. The number of phenols is 1. The summed E-state index contributed by atoms with van der Waals surface area (Å²) in [5, 5.41) is 9.30. The van der Waals surface area contributed by atoms with Crippen LogP contribution in [0.3, 0.4) is 0 Å². The maximum Gasteiger partial charge on any atom is 0.336 e. The SMILES string of the molecule is CC(C)=CC(=O)Oc1ccccc1O. The second-order valence-corrected chi connectivity index (χ2v) is 3.11. The molecule has 1 rings (SSSR count). The lowest BCUT2D eigenvalue weighted by atomic mass is 10.3. The van der Waals surface area contributed by atoms with Gasteiger partial charge < -0.3 is 9.84 Å². The Morgan fingerprint density at radius 1 is 1.36 bits per heavy atom. The molecule has 1 aromatic rings. The highest BCUT2D eigenvalue weighted by molar-refractivity contribution is 5.85. The van der Waals surface area contributed by atoms with E-state index < -0.39 is 5.97 Å². The smallest absolute Gasteiger partial charge is 0.336 e. The molecule has 74 valence electrons. The van der Waals surface area contributed by atoms with Crippen molar-refractivity contribution >= 4 is 5.97 Å². The highest BCUT2D eigenvalue weighted by Crippen LogP contribution is 2.24. The fourth-order valence-corrected chi connectivity index (χ4v) is 0.917. The summed E-state index contributed by atoms with van der Waals surface area (Å²) in [6.07, 6.45) is 1.37. The molecule has 0 aliphatic rings. The van der Waals surface area contributed by atoms with Crippen LogP contribution in [0.4, 0.5) is 0 Å². The van der Waals surface area contributed by atoms with Gasteiger partial charge in [-0.1, -0.05) is 17.7 Å². The normalized spacial score (nSPS) is 9.29. The number of rotatable bonds is 2. The van der Waals surface area contributed by atoms with Crippen molar-refractivity contribution in [2.45, 2.75) is 13.8 Å². The number of carbonyl (C=O) groups is 1. The molecule has 0 fully saturated rings. The van der Waals surface area contributed by atoms with Crippen LogP contribution in [0.2, 0.25) is 0 Å². The summed E-state index contributed by atoms with van der Waals surface area (Å²) in [5.41, 5.74) is 0.852. The Morgan fingerprint density at radius 3 is 2.57 bits per heavy atom. The van der Waals surface area contributed by atoms with Gasteiger partial charge in [-0.2, -0.15) is 0 Å². The highest BCUT2D eigenvalue weighted by Gasteiger charge is 2.04. The Kier molecular flexibility index (Phi) is 3.29. The molecule has 0 aromatic heterocycles. The number of allylic oxidation sites excluding steroid dienone is 1. The molecule has 0 saturated carbocycles. The zero-order valence-corrected chi connectivity index (χ0v) is 8.15. The molecule has 1 aromatic carbocycles. The number of hydrogen-bond acceptors (Lipinski definition) is 3. The van der Waals surface area contributed by atoms with Crippen molar-refractivity contribution in [3.63, 3.8) is 0 Å². The lowest BCUT2D eigenvalue weighted by Crippen LogP contribution is -2.04. The fraction of sp³-hybridized carbons (Fsp3) is 0.182. The Balaban J connectivity index is 2.75. The zero-order valence-electron chi connectivity index (χ0n) is 8.15. The minimum Gasteiger partial charge on any atom is -0.504 e. The number of carbonyl (C=O) groups excluding carboxylic acids is 1. The van der Waals surface area contributed by atoms with Crippen molar-refractivity contribution in [3.05, 3.63) is 35.9 Å². The van der Waals surface area contributed by atoms with E-state index >= 15 is 0 Å². The van der Waals surface area contributed by atoms with Crippen LogP contribution in [0.15, 0.2) is 35.9 Å². The van der Waals surface area contributed by atoms with Crippen molar-refractivity contribution in [2.75, 3.05) is 0 Å². The molecular weight excluding hydrogens is 180 g/mol. The monoisotopic (exact) mass is 192 g/mol. The second kappa shape index (κ2) is 4.46. The molecule has 0 spiro atoms. The van der Waals surface area contributed by atoms with Crippen molar-refractivity contribution in [1.29, 1.82) is 0 Å². The number of benzene rings is 1. The number of para-hydroxylation sites is 2. The highest BCUT2D eigenvalue weighted by atomic mass is 16.5. The molecule has 0 unspecified atom stereocenters. The van der Waals surface area contributed by atoms with Gasteiger partial charge in [0.15, 0.2) is 11.5 Å². The van der Waals surface area contributed by atoms with E-state index in [4.69, 9.17) is 4.74 Å². The van der Waals surface area contributed by atoms with Crippen LogP contribution in [0.1, 0.15) is 13.8 Å². The van der Waals surface area contributed by atoms with Crippen LogP contribution in [0.25, 0.3) is 0 Å². The van der Waals surface area contributed by atoms with E-state index in [1.54, 1.807) is 26.0 Å². The van der Waals surface area contributed by atoms with Gasteiger partial charge in [-0.25, -0.2) is 4.79 Å². The third kappa shape index (κ3) is 2.94. The molecule has 0 atom stereocenters. The van der Waals surface area contributed by atoms with Crippen LogP contribution in [-0.4, -0.2) is 11.1 Å². The molecule has 0 aliphatic carbocycles. The molecule has 0 heterocycles. The topological polar surface area (TPSA) is 46.5 Å². The van der Waals surface area contributed by atoms with E-state index in [1.807, 2.05) is 0 Å². The summed E-state index contributed by atoms with van der Waals surface area (Å²) < 4.78 is 4.89. The van der Waals surface area contributed by atoms with Gasteiger partial charge in [0, 0.05) is 6.08 Å². The number of phenolic OH excluding ortho intramolecular Hbond substituents is 1. The van der Waals surface area contributed by atoms with Crippen molar-refractivity contribution in [1.82, 2.24) is 0 Å². The van der Waals surface area contributed by atoms with Crippen molar-refractivity contribution in [3.8, 4) is 11.5 Å². The summed E-state index contributed by atoms with van der Waals surface area (Å²) in [4.78, 5) is 11.2. The van der Waals surface area contributed by atoms with Crippen LogP contribution in [-0.2, 0) is 4.79 Å². The zero-order chi connectivity index (χ0) is 10.6. The first-order chi connectivity index (χ1) is 6.59. The first kappa shape index (κ1) is 10.3. The standard InChI is InChI=1S/C11H12O3/c1-8(2)7-11(13)14-10-6-4-3-5-9(10)12/h3-7,12H,1-2H3. The molecule has 3 heteroatoms. The van der Waals surface area contributed by atoms with Gasteiger partial charge in [0.2, 0.25) is 0 Å². The Morgan fingerprint density at radius 2 is 2.00 bits per heavy atom. The van der Waals surface area contributed by atoms with E-state index in [0.717, 1.165) is 5.57 Å². The summed E-state index contributed by atoms with van der Waals surface area (Å²) >= 11 is 0. The van der Waals surface area contributed by atoms with E-state index in [-0.39, 0.29) is 11.5 Å². The maximum atomic E-state index is 11.2. The van der Waals surface area contributed by atoms with E-state index in [9.17, 15) is 9.90 Å². The average molecular weight is 192 g/mol. The molecule has 3 nitrogen and oxygen atoms in total. The van der Waals surface area contributed by atoms with Crippen molar-refractivity contribution < 1.29 is 14.6 Å². The van der Waals surface area contributed by atoms with Gasteiger partial charge in [0.25, 0.3) is 0 Å². The summed E-state index contributed by atoms with van der Waals surface area (Å²) in [7, 11) is 0. The van der Waals surface area contributed by atoms with E-state index in [2.05, 4.69) is 0 Å². The molecule has 0 amide bonds. The van der Waals surface area contributed by atoms with E-state index in [1.165, 1.54) is 18.2 Å². The number of hydrogen-bond donors (Lipinski definition) is 1. The minimum absolute atomic E-state index is 0.0389. The fourth-order valence-electron chi connectivity index (χ4n) is 0.917. The summed E-state index contributed by atoms with van der Waals surface area (Å²) in [5.74, 6) is -0.343. The Hall–Kier alpha value is -1.77.